The monoisotopic (exact) mass is 512 g/mol. The second-order valence-corrected chi connectivity index (χ2v) is 9.09. The average Bonchev–Trinajstić information content (AvgIpc) is 3.25. The molecule has 0 fully saturated rings. The Morgan fingerprint density at radius 3 is 2.74 bits per heavy atom. The topological polar surface area (TPSA) is 75.1 Å². The minimum atomic E-state index is -0.577. The normalized spacial score (nSPS) is 15.0. The number of hydrogen-bond donors (Lipinski definition) is 2. The van der Waals surface area contributed by atoms with Gasteiger partial charge in [-0.15, -0.1) is 0 Å². The van der Waals surface area contributed by atoms with Crippen LogP contribution < -0.4 is 15.5 Å². The molecule has 0 aliphatic carbocycles. The number of amides is 1. The number of aryl methyl sites for hydroxylation is 1. The summed E-state index contributed by atoms with van der Waals surface area (Å²) in [6, 6.07) is 12.6. The number of nitrogens with one attached hydrogen (secondary N) is 2. The van der Waals surface area contributed by atoms with Crippen LogP contribution in [0.2, 0.25) is 10.0 Å². The third-order valence-corrected chi connectivity index (χ3v) is 6.83. The molecule has 0 saturated carbocycles. The van der Waals surface area contributed by atoms with Crippen molar-refractivity contribution in [3.8, 4) is 11.3 Å². The summed E-state index contributed by atoms with van der Waals surface area (Å²) in [5.41, 5.74) is 3.81. The van der Waals surface area contributed by atoms with Crippen LogP contribution in [0.3, 0.4) is 0 Å². The van der Waals surface area contributed by atoms with E-state index in [1.54, 1.807) is 36.1 Å². The summed E-state index contributed by atoms with van der Waals surface area (Å²) in [6.07, 6.45) is 2.45. The Hall–Kier alpha value is -3.20. The van der Waals surface area contributed by atoms with Gasteiger partial charge >= 0.3 is 0 Å². The van der Waals surface area contributed by atoms with Crippen molar-refractivity contribution in [1.82, 2.24) is 25.4 Å². The highest BCUT2D eigenvalue weighted by molar-refractivity contribution is 6.42. The van der Waals surface area contributed by atoms with E-state index in [1.807, 2.05) is 29.2 Å². The second-order valence-electron chi connectivity index (χ2n) is 8.31. The van der Waals surface area contributed by atoms with Gasteiger partial charge in [0.2, 0.25) is 0 Å². The van der Waals surface area contributed by atoms with Gasteiger partial charge in [-0.1, -0.05) is 29.3 Å². The summed E-state index contributed by atoms with van der Waals surface area (Å²) in [7, 11) is 1.75. The highest BCUT2D eigenvalue weighted by Crippen LogP contribution is 2.38. The zero-order valence-corrected chi connectivity index (χ0v) is 20.5. The van der Waals surface area contributed by atoms with Crippen LogP contribution >= 0.6 is 23.2 Å². The summed E-state index contributed by atoms with van der Waals surface area (Å²) in [6.45, 7) is 2.27. The van der Waals surface area contributed by atoms with E-state index in [0.29, 0.717) is 43.3 Å². The fourth-order valence-electron chi connectivity index (χ4n) is 4.26. The van der Waals surface area contributed by atoms with E-state index in [9.17, 15) is 4.79 Å². The summed E-state index contributed by atoms with van der Waals surface area (Å²) in [5.74, 6) is -0.741. The third kappa shape index (κ3) is 4.57. The molecule has 1 amide bonds. The number of carbonyl (C=O) groups excluding carboxylic acids is 1. The van der Waals surface area contributed by atoms with Crippen molar-refractivity contribution in [2.45, 2.75) is 6.42 Å². The van der Waals surface area contributed by atoms with E-state index < -0.39 is 5.82 Å². The molecule has 2 aromatic carbocycles. The predicted molar refractivity (Wildman–Crippen MR) is 137 cm³/mol. The first-order valence-corrected chi connectivity index (χ1v) is 12.0. The van der Waals surface area contributed by atoms with E-state index in [-0.39, 0.29) is 16.0 Å². The highest BCUT2D eigenvalue weighted by atomic mass is 35.5. The number of benzene rings is 2. The maximum atomic E-state index is 15.3. The van der Waals surface area contributed by atoms with Gasteiger partial charge in [0.25, 0.3) is 5.91 Å². The first-order valence-electron chi connectivity index (χ1n) is 11.3. The van der Waals surface area contributed by atoms with Crippen LogP contribution in [0.1, 0.15) is 16.9 Å². The molecule has 0 atom stereocenters. The van der Waals surface area contributed by atoms with Crippen LogP contribution in [0, 0.1) is 5.82 Å². The average molecular weight is 513 g/mol. The number of pyridine rings is 1. The zero-order valence-electron chi connectivity index (χ0n) is 19.0. The molecule has 35 heavy (non-hydrogen) atoms. The van der Waals surface area contributed by atoms with Gasteiger partial charge in [0.15, 0.2) is 5.82 Å². The van der Waals surface area contributed by atoms with Crippen molar-refractivity contribution in [3.63, 3.8) is 0 Å². The van der Waals surface area contributed by atoms with Crippen LogP contribution in [0.4, 0.5) is 15.8 Å². The van der Waals surface area contributed by atoms with Gasteiger partial charge in [-0.2, -0.15) is 5.10 Å². The molecule has 2 aromatic heterocycles. The lowest BCUT2D eigenvalue weighted by molar-refractivity contribution is 0.0944. The van der Waals surface area contributed by atoms with Crippen molar-refractivity contribution in [2.24, 2.45) is 7.05 Å². The Balaban J connectivity index is 1.69. The Morgan fingerprint density at radius 1 is 1.03 bits per heavy atom. The minimum absolute atomic E-state index is 0.111. The van der Waals surface area contributed by atoms with Gasteiger partial charge in [-0.3, -0.25) is 14.5 Å². The second kappa shape index (κ2) is 9.81. The molecule has 1 aliphatic heterocycles. The number of fused-ring (bicyclic) bond motifs is 4. The fraction of sp³-hybridized carbons (Fsp3) is 0.240. The van der Waals surface area contributed by atoms with Gasteiger partial charge in [-0.25, -0.2) is 4.39 Å². The molecular formula is C25H23Cl2FN6O. The van der Waals surface area contributed by atoms with E-state index in [1.165, 1.54) is 0 Å². The molecule has 180 valence electrons. The summed E-state index contributed by atoms with van der Waals surface area (Å²) >= 11 is 12.2. The van der Waals surface area contributed by atoms with E-state index in [0.717, 1.165) is 28.6 Å². The summed E-state index contributed by atoms with van der Waals surface area (Å²) in [4.78, 5) is 19.0. The van der Waals surface area contributed by atoms with Gasteiger partial charge in [0.1, 0.15) is 5.69 Å². The number of nitrogens with zero attached hydrogens (tertiary/aromatic N) is 4. The van der Waals surface area contributed by atoms with Crippen molar-refractivity contribution in [1.29, 1.82) is 0 Å². The number of halogens is 3. The lowest BCUT2D eigenvalue weighted by Crippen LogP contribution is -2.32. The van der Waals surface area contributed by atoms with Crippen molar-refractivity contribution >= 4 is 51.4 Å². The number of carbonyl (C=O) groups is 1. The maximum absolute atomic E-state index is 15.3. The molecule has 1 aliphatic rings. The molecule has 10 heteroatoms. The SMILES string of the molecule is Cn1nc2cc1C(=O)NCCCNCCN(c1ccc(Cl)c(Cl)c1F)c1ccnc3ccc-2cc13. The Labute approximate surface area is 211 Å². The zero-order chi connectivity index (χ0) is 24.5. The van der Waals surface area contributed by atoms with E-state index in [2.05, 4.69) is 20.7 Å². The quantitative estimate of drug-likeness (QED) is 0.353. The molecule has 0 saturated heterocycles. The number of rotatable bonds is 1. The van der Waals surface area contributed by atoms with Crippen molar-refractivity contribution in [2.75, 3.05) is 31.1 Å². The first kappa shape index (κ1) is 23.5. The molecule has 0 spiro atoms. The van der Waals surface area contributed by atoms with Crippen LogP contribution in [0.15, 0.2) is 48.7 Å². The molecular weight excluding hydrogens is 490 g/mol. The lowest BCUT2D eigenvalue weighted by Gasteiger charge is -2.27. The minimum Gasteiger partial charge on any atom is -0.351 e. The Morgan fingerprint density at radius 2 is 1.89 bits per heavy atom. The lowest BCUT2D eigenvalue weighted by atomic mass is 10.1. The number of anilines is 2. The molecule has 4 aromatic rings. The van der Waals surface area contributed by atoms with Crippen LogP contribution in [-0.2, 0) is 7.05 Å². The highest BCUT2D eigenvalue weighted by Gasteiger charge is 2.21. The largest absolute Gasteiger partial charge is 0.351 e. The van der Waals surface area contributed by atoms with Crippen molar-refractivity contribution < 1.29 is 9.18 Å². The van der Waals surface area contributed by atoms with Crippen LogP contribution in [0.5, 0.6) is 0 Å². The van der Waals surface area contributed by atoms with E-state index in [4.69, 9.17) is 23.2 Å². The molecule has 0 unspecified atom stereocenters. The van der Waals surface area contributed by atoms with Gasteiger partial charge in [0.05, 0.1) is 32.6 Å². The molecule has 4 bridgehead atoms. The number of hydrogen-bond acceptors (Lipinski definition) is 5. The summed E-state index contributed by atoms with van der Waals surface area (Å²) < 4.78 is 16.9. The molecule has 5 rings (SSSR count). The van der Waals surface area contributed by atoms with Crippen molar-refractivity contribution in [3.05, 3.63) is 70.2 Å². The van der Waals surface area contributed by atoms with Gasteiger partial charge in [-0.05, 0) is 49.4 Å². The fourth-order valence-corrected chi connectivity index (χ4v) is 4.57. The smallest absolute Gasteiger partial charge is 0.269 e. The van der Waals surface area contributed by atoms with Gasteiger partial charge in [0, 0.05) is 43.8 Å². The van der Waals surface area contributed by atoms with E-state index >= 15 is 4.39 Å². The standard InChI is InChI=1S/C25H23Cl2FN6O/c1-33-22-14-19(32-33)15-3-5-18-16(13-15)20(7-10-30-18)34(12-11-29-8-2-9-31-25(22)35)21-6-4-17(26)23(27)24(21)28/h3-7,10,13-14,29H,2,8-9,11-12H2,1H3,(H,31,35). The van der Waals surface area contributed by atoms with Gasteiger partial charge < -0.3 is 15.5 Å². The molecule has 3 heterocycles. The molecule has 0 radical (unpaired) electrons. The van der Waals surface area contributed by atoms with Crippen LogP contribution in [-0.4, -0.2) is 46.9 Å². The number of aromatic nitrogens is 3. The van der Waals surface area contributed by atoms with Crippen LogP contribution in [0.25, 0.3) is 22.2 Å². The maximum Gasteiger partial charge on any atom is 0.269 e. The Kier molecular flexibility index (Phi) is 6.60. The first-order chi connectivity index (χ1) is 16.9. The molecule has 7 nitrogen and oxygen atoms in total. The molecule has 2 N–H and O–H groups in total. The predicted octanol–water partition coefficient (Wildman–Crippen LogP) is 4.94. The Bertz CT molecular complexity index is 1420. The summed E-state index contributed by atoms with van der Waals surface area (Å²) in [5, 5.41) is 11.7. The third-order valence-electron chi connectivity index (χ3n) is 6.05.